The molecule has 66 valence electrons. The second-order valence-corrected chi connectivity index (χ2v) is 2.83. The summed E-state index contributed by atoms with van der Waals surface area (Å²) in [5, 5.41) is 0. The fourth-order valence-electron chi connectivity index (χ4n) is 1.37. The van der Waals surface area contributed by atoms with Crippen molar-refractivity contribution >= 4 is 0 Å². The molecule has 0 aliphatic rings. The number of nitrogens with two attached hydrogens (primary N) is 1. The number of H-pyrrole nitrogens is 1. The van der Waals surface area contributed by atoms with Gasteiger partial charge in [0.2, 0.25) is 0 Å². The summed E-state index contributed by atoms with van der Waals surface area (Å²) in [7, 11) is 0. The molecule has 0 fully saturated rings. The zero-order valence-electron chi connectivity index (χ0n) is 7.20. The van der Waals surface area contributed by atoms with E-state index in [0.29, 0.717) is 6.54 Å². The molecule has 2 aromatic heterocycles. The first-order chi connectivity index (χ1) is 6.42. The maximum absolute atomic E-state index is 5.60. The molecule has 3 N–H and O–H groups in total. The van der Waals surface area contributed by atoms with Gasteiger partial charge in [-0.2, -0.15) is 0 Å². The lowest BCUT2D eigenvalue weighted by Gasteiger charge is -1.99. The molecule has 13 heavy (non-hydrogen) atoms. The van der Waals surface area contributed by atoms with Crippen molar-refractivity contribution in [1.82, 2.24) is 9.97 Å². The highest BCUT2D eigenvalue weighted by Crippen LogP contribution is 2.21. The Morgan fingerprint density at radius 2 is 2.00 bits per heavy atom. The lowest BCUT2D eigenvalue weighted by molar-refractivity contribution is 1.08. The number of aromatic amines is 1. The molecule has 0 amide bonds. The first-order valence-electron chi connectivity index (χ1n) is 4.18. The Morgan fingerprint density at radius 3 is 2.69 bits per heavy atom. The average molecular weight is 173 g/mol. The number of nitrogens with one attached hydrogen (secondary N) is 1. The highest BCUT2D eigenvalue weighted by Gasteiger charge is 2.03. The maximum atomic E-state index is 5.60. The van der Waals surface area contributed by atoms with Crippen LogP contribution in [-0.4, -0.2) is 9.97 Å². The van der Waals surface area contributed by atoms with Crippen LogP contribution in [0.5, 0.6) is 0 Å². The van der Waals surface area contributed by atoms with Crippen LogP contribution < -0.4 is 5.73 Å². The summed E-state index contributed by atoms with van der Waals surface area (Å²) in [5.74, 6) is 0. The molecule has 0 unspecified atom stereocenters. The van der Waals surface area contributed by atoms with Gasteiger partial charge in [-0.05, 0) is 23.3 Å². The minimum absolute atomic E-state index is 0.557. The summed E-state index contributed by atoms with van der Waals surface area (Å²) >= 11 is 0. The standard InChI is InChI=1S/C10H11N3/c11-5-9-6-13-7-10(9)8-1-3-12-4-2-8/h1-4,6-7,13H,5,11H2. The van der Waals surface area contributed by atoms with Crippen molar-refractivity contribution in [2.24, 2.45) is 5.73 Å². The molecule has 3 heteroatoms. The number of nitrogens with zero attached hydrogens (tertiary/aromatic N) is 1. The van der Waals surface area contributed by atoms with Gasteiger partial charge in [0.1, 0.15) is 0 Å². The zero-order chi connectivity index (χ0) is 9.10. The van der Waals surface area contributed by atoms with Crippen molar-refractivity contribution in [3.8, 4) is 11.1 Å². The molecule has 0 aliphatic carbocycles. The summed E-state index contributed by atoms with van der Waals surface area (Å²) in [4.78, 5) is 7.02. The highest BCUT2D eigenvalue weighted by molar-refractivity contribution is 5.65. The Hall–Kier alpha value is -1.61. The predicted molar refractivity (Wildman–Crippen MR) is 51.9 cm³/mol. The molecule has 0 bridgehead atoms. The van der Waals surface area contributed by atoms with Crippen molar-refractivity contribution in [3.05, 3.63) is 42.5 Å². The lowest BCUT2D eigenvalue weighted by atomic mass is 10.1. The smallest absolute Gasteiger partial charge is 0.0273 e. The Balaban J connectivity index is 2.47. The van der Waals surface area contributed by atoms with E-state index in [4.69, 9.17) is 5.73 Å². The quantitative estimate of drug-likeness (QED) is 0.723. The topological polar surface area (TPSA) is 54.7 Å². The predicted octanol–water partition coefficient (Wildman–Crippen LogP) is 1.54. The summed E-state index contributed by atoms with van der Waals surface area (Å²) in [6, 6.07) is 3.95. The third kappa shape index (κ3) is 1.46. The lowest BCUT2D eigenvalue weighted by Crippen LogP contribution is -1.95. The first kappa shape index (κ1) is 8.01. The summed E-state index contributed by atoms with van der Waals surface area (Å²) in [5.41, 5.74) is 9.03. The summed E-state index contributed by atoms with van der Waals surface area (Å²) in [6.07, 6.45) is 7.44. The van der Waals surface area contributed by atoms with Gasteiger partial charge in [-0.25, -0.2) is 0 Å². The third-order valence-corrected chi connectivity index (χ3v) is 2.04. The maximum Gasteiger partial charge on any atom is 0.0273 e. The molecule has 2 heterocycles. The van der Waals surface area contributed by atoms with E-state index in [9.17, 15) is 0 Å². The monoisotopic (exact) mass is 173 g/mol. The van der Waals surface area contributed by atoms with Gasteiger partial charge in [-0.15, -0.1) is 0 Å². The van der Waals surface area contributed by atoms with Crippen molar-refractivity contribution in [2.45, 2.75) is 6.54 Å². The number of hydrogen-bond acceptors (Lipinski definition) is 2. The first-order valence-corrected chi connectivity index (χ1v) is 4.18. The van der Waals surface area contributed by atoms with Crippen LogP contribution in [-0.2, 0) is 6.54 Å². The van der Waals surface area contributed by atoms with Crippen LogP contribution in [0.15, 0.2) is 36.9 Å². The van der Waals surface area contributed by atoms with Crippen molar-refractivity contribution in [1.29, 1.82) is 0 Å². The Kier molecular flexibility index (Phi) is 2.10. The van der Waals surface area contributed by atoms with E-state index in [1.54, 1.807) is 12.4 Å². The van der Waals surface area contributed by atoms with Gasteiger partial charge in [0.15, 0.2) is 0 Å². The van der Waals surface area contributed by atoms with Crippen LogP contribution in [0.25, 0.3) is 11.1 Å². The van der Waals surface area contributed by atoms with Gasteiger partial charge in [-0.3, -0.25) is 4.98 Å². The molecular weight excluding hydrogens is 162 g/mol. The van der Waals surface area contributed by atoms with E-state index >= 15 is 0 Å². The average Bonchev–Trinajstić information content (AvgIpc) is 2.67. The van der Waals surface area contributed by atoms with E-state index in [1.807, 2.05) is 24.5 Å². The Bertz CT molecular complexity index is 378. The molecule has 0 radical (unpaired) electrons. The molecule has 2 aromatic rings. The minimum atomic E-state index is 0.557. The van der Waals surface area contributed by atoms with E-state index in [1.165, 1.54) is 0 Å². The van der Waals surface area contributed by atoms with Gasteiger partial charge in [0, 0.05) is 36.9 Å². The summed E-state index contributed by atoms with van der Waals surface area (Å²) < 4.78 is 0. The van der Waals surface area contributed by atoms with Crippen molar-refractivity contribution in [2.75, 3.05) is 0 Å². The second-order valence-electron chi connectivity index (χ2n) is 2.83. The van der Waals surface area contributed by atoms with E-state index in [-0.39, 0.29) is 0 Å². The number of pyridine rings is 1. The van der Waals surface area contributed by atoms with E-state index in [2.05, 4.69) is 9.97 Å². The van der Waals surface area contributed by atoms with Gasteiger partial charge >= 0.3 is 0 Å². The fraction of sp³-hybridized carbons (Fsp3) is 0.100. The van der Waals surface area contributed by atoms with Crippen LogP contribution in [0.2, 0.25) is 0 Å². The molecule has 0 aliphatic heterocycles. The molecule has 2 rings (SSSR count). The Labute approximate surface area is 76.6 Å². The van der Waals surface area contributed by atoms with E-state index < -0.39 is 0 Å². The van der Waals surface area contributed by atoms with Crippen molar-refractivity contribution < 1.29 is 0 Å². The van der Waals surface area contributed by atoms with Crippen LogP contribution in [0.4, 0.5) is 0 Å². The third-order valence-electron chi connectivity index (χ3n) is 2.04. The molecule has 0 spiro atoms. The van der Waals surface area contributed by atoms with Gasteiger partial charge in [0.25, 0.3) is 0 Å². The van der Waals surface area contributed by atoms with Crippen LogP contribution in [0.3, 0.4) is 0 Å². The minimum Gasteiger partial charge on any atom is -0.367 e. The van der Waals surface area contributed by atoms with Crippen LogP contribution in [0.1, 0.15) is 5.56 Å². The molecule has 0 atom stereocenters. The normalized spacial score (nSPS) is 10.2. The number of rotatable bonds is 2. The van der Waals surface area contributed by atoms with Gasteiger partial charge in [0.05, 0.1) is 0 Å². The number of aromatic nitrogens is 2. The Morgan fingerprint density at radius 1 is 1.23 bits per heavy atom. The highest BCUT2D eigenvalue weighted by atomic mass is 14.7. The molecular formula is C10H11N3. The summed E-state index contributed by atoms with van der Waals surface area (Å²) in [6.45, 7) is 0.557. The zero-order valence-corrected chi connectivity index (χ0v) is 7.20. The number of hydrogen-bond donors (Lipinski definition) is 2. The fourth-order valence-corrected chi connectivity index (χ4v) is 1.37. The van der Waals surface area contributed by atoms with E-state index in [0.717, 1.165) is 16.7 Å². The van der Waals surface area contributed by atoms with Crippen molar-refractivity contribution in [3.63, 3.8) is 0 Å². The second kappa shape index (κ2) is 3.41. The van der Waals surface area contributed by atoms with Gasteiger partial charge < -0.3 is 10.7 Å². The van der Waals surface area contributed by atoms with Crippen LogP contribution >= 0.6 is 0 Å². The SMILES string of the molecule is NCc1c[nH]cc1-c1ccncc1. The van der Waals surface area contributed by atoms with Gasteiger partial charge in [-0.1, -0.05) is 0 Å². The molecule has 0 saturated heterocycles. The molecule has 0 aromatic carbocycles. The molecule has 3 nitrogen and oxygen atoms in total. The molecule has 0 saturated carbocycles. The van der Waals surface area contributed by atoms with Crippen LogP contribution in [0, 0.1) is 0 Å². The largest absolute Gasteiger partial charge is 0.367 e.